The van der Waals surface area contributed by atoms with Crippen molar-refractivity contribution in [3.05, 3.63) is 94.5 Å². The molecule has 0 heterocycles. The smallest absolute Gasteiger partial charge is 0.336 e. The van der Waals surface area contributed by atoms with Crippen LogP contribution in [0.2, 0.25) is 0 Å². The Kier molecular flexibility index (Phi) is 5.95. The van der Waals surface area contributed by atoms with Gasteiger partial charge in [0.1, 0.15) is 0 Å². The second-order valence-corrected chi connectivity index (χ2v) is 6.78. The van der Waals surface area contributed by atoms with Gasteiger partial charge in [-0.1, -0.05) is 30.3 Å². The summed E-state index contributed by atoms with van der Waals surface area (Å²) in [6.07, 6.45) is -0.972. The van der Waals surface area contributed by atoms with Crippen molar-refractivity contribution in [2.45, 2.75) is 20.1 Å². The van der Waals surface area contributed by atoms with Crippen molar-refractivity contribution in [1.82, 2.24) is 0 Å². The molecule has 0 radical (unpaired) electrons. The Morgan fingerprint density at radius 3 is 2.24 bits per heavy atom. The molecule has 0 aliphatic rings. The van der Waals surface area contributed by atoms with Gasteiger partial charge < -0.3 is 20.8 Å². The summed E-state index contributed by atoms with van der Waals surface area (Å²) < 4.78 is 0. The number of carboxylic acid groups (broad SMARTS) is 1. The molecule has 0 bridgehead atoms. The number of carboxylic acids is 1. The SMILES string of the molecule is Cc1ccc(NC(O)c2cccc(NC(=O)c3ccccc3C(=O)O)c2)cc1C. The van der Waals surface area contributed by atoms with E-state index in [-0.39, 0.29) is 11.1 Å². The van der Waals surface area contributed by atoms with Crippen molar-refractivity contribution in [3.63, 3.8) is 0 Å². The molecule has 6 heteroatoms. The van der Waals surface area contributed by atoms with Crippen LogP contribution in [0.4, 0.5) is 11.4 Å². The summed E-state index contributed by atoms with van der Waals surface area (Å²) in [4.78, 5) is 23.8. The van der Waals surface area contributed by atoms with E-state index in [1.807, 2.05) is 32.0 Å². The number of anilines is 2. The maximum atomic E-state index is 12.5. The van der Waals surface area contributed by atoms with Gasteiger partial charge in [0.05, 0.1) is 11.1 Å². The highest BCUT2D eigenvalue weighted by atomic mass is 16.4. The third-order valence-corrected chi connectivity index (χ3v) is 4.67. The average Bonchev–Trinajstić information content (AvgIpc) is 2.71. The van der Waals surface area contributed by atoms with Gasteiger partial charge in [-0.15, -0.1) is 0 Å². The lowest BCUT2D eigenvalue weighted by Crippen LogP contribution is -2.17. The van der Waals surface area contributed by atoms with Crippen molar-refractivity contribution < 1.29 is 19.8 Å². The van der Waals surface area contributed by atoms with E-state index >= 15 is 0 Å². The van der Waals surface area contributed by atoms with E-state index in [1.165, 1.54) is 12.1 Å². The van der Waals surface area contributed by atoms with Gasteiger partial charge in [-0.2, -0.15) is 0 Å². The second kappa shape index (κ2) is 8.58. The summed E-state index contributed by atoms with van der Waals surface area (Å²) >= 11 is 0. The van der Waals surface area contributed by atoms with Crippen LogP contribution < -0.4 is 10.6 Å². The molecule has 0 aromatic heterocycles. The van der Waals surface area contributed by atoms with Gasteiger partial charge in [0, 0.05) is 16.9 Å². The molecule has 3 aromatic rings. The zero-order chi connectivity index (χ0) is 21.0. The fourth-order valence-corrected chi connectivity index (χ4v) is 2.92. The number of carbonyl (C=O) groups excluding carboxylic acids is 1. The number of aryl methyl sites for hydroxylation is 2. The summed E-state index contributed by atoms with van der Waals surface area (Å²) in [7, 11) is 0. The Bertz CT molecular complexity index is 1060. The van der Waals surface area contributed by atoms with Gasteiger partial charge in [0.15, 0.2) is 6.23 Å². The Hall–Kier alpha value is -3.64. The van der Waals surface area contributed by atoms with E-state index in [2.05, 4.69) is 10.6 Å². The molecule has 4 N–H and O–H groups in total. The Morgan fingerprint density at radius 2 is 1.55 bits per heavy atom. The van der Waals surface area contributed by atoms with E-state index in [9.17, 15) is 19.8 Å². The summed E-state index contributed by atoms with van der Waals surface area (Å²) in [6, 6.07) is 18.6. The van der Waals surface area contributed by atoms with Gasteiger partial charge in [0.2, 0.25) is 0 Å². The predicted octanol–water partition coefficient (Wildman–Crippen LogP) is 4.36. The molecule has 0 saturated heterocycles. The molecule has 0 aliphatic carbocycles. The topological polar surface area (TPSA) is 98.7 Å². The van der Waals surface area contributed by atoms with E-state index in [0.29, 0.717) is 11.3 Å². The minimum absolute atomic E-state index is 0.0687. The molecule has 1 unspecified atom stereocenters. The molecule has 0 spiro atoms. The molecule has 3 aromatic carbocycles. The average molecular weight is 390 g/mol. The summed E-state index contributed by atoms with van der Waals surface area (Å²) in [6.45, 7) is 4.02. The predicted molar refractivity (Wildman–Crippen MR) is 112 cm³/mol. The first kappa shape index (κ1) is 20.1. The monoisotopic (exact) mass is 390 g/mol. The number of carbonyl (C=O) groups is 2. The van der Waals surface area contributed by atoms with Crippen molar-refractivity contribution >= 4 is 23.3 Å². The number of hydrogen-bond donors (Lipinski definition) is 4. The first-order chi connectivity index (χ1) is 13.8. The molecule has 148 valence electrons. The van der Waals surface area contributed by atoms with Crippen LogP contribution in [0.5, 0.6) is 0 Å². The molecule has 29 heavy (non-hydrogen) atoms. The van der Waals surface area contributed by atoms with Crippen LogP contribution in [0.1, 0.15) is 43.6 Å². The highest BCUT2D eigenvalue weighted by molar-refractivity contribution is 6.10. The van der Waals surface area contributed by atoms with Gasteiger partial charge in [-0.05, 0) is 61.4 Å². The van der Waals surface area contributed by atoms with Crippen LogP contribution in [0.3, 0.4) is 0 Å². The number of aliphatic hydroxyl groups is 1. The van der Waals surface area contributed by atoms with Crippen molar-refractivity contribution in [1.29, 1.82) is 0 Å². The standard InChI is InChI=1S/C23H22N2O4/c1-14-10-11-18(12-15(14)2)24-21(26)16-6-5-7-17(13-16)25-22(27)19-8-3-4-9-20(19)23(28)29/h3-13,21,24,26H,1-2H3,(H,25,27)(H,28,29). The molecule has 1 atom stereocenters. The maximum Gasteiger partial charge on any atom is 0.336 e. The van der Waals surface area contributed by atoms with Crippen LogP contribution in [0.25, 0.3) is 0 Å². The molecular formula is C23H22N2O4. The highest BCUT2D eigenvalue weighted by Crippen LogP contribution is 2.22. The Balaban J connectivity index is 1.76. The minimum atomic E-state index is -1.17. The quantitative estimate of drug-likeness (QED) is 0.469. The number of nitrogens with one attached hydrogen (secondary N) is 2. The fourth-order valence-electron chi connectivity index (χ4n) is 2.92. The van der Waals surface area contributed by atoms with E-state index in [0.717, 1.165) is 16.8 Å². The van der Waals surface area contributed by atoms with Crippen LogP contribution in [-0.2, 0) is 0 Å². The van der Waals surface area contributed by atoms with Gasteiger partial charge in [-0.25, -0.2) is 4.79 Å². The molecule has 6 nitrogen and oxygen atoms in total. The number of amides is 1. The first-order valence-corrected chi connectivity index (χ1v) is 9.10. The lowest BCUT2D eigenvalue weighted by atomic mass is 10.1. The van der Waals surface area contributed by atoms with Crippen molar-refractivity contribution in [2.24, 2.45) is 0 Å². The van der Waals surface area contributed by atoms with E-state index in [4.69, 9.17) is 0 Å². The van der Waals surface area contributed by atoms with Crippen molar-refractivity contribution in [3.8, 4) is 0 Å². The van der Waals surface area contributed by atoms with Gasteiger partial charge in [0.25, 0.3) is 5.91 Å². The number of aliphatic hydroxyl groups excluding tert-OH is 1. The highest BCUT2D eigenvalue weighted by Gasteiger charge is 2.16. The minimum Gasteiger partial charge on any atom is -0.478 e. The molecule has 3 rings (SSSR count). The molecule has 0 saturated carbocycles. The molecule has 0 aliphatic heterocycles. The van der Waals surface area contributed by atoms with Crippen LogP contribution in [0, 0.1) is 13.8 Å². The molecular weight excluding hydrogens is 368 g/mol. The van der Waals surface area contributed by atoms with Gasteiger partial charge in [-0.3, -0.25) is 4.79 Å². The number of rotatable bonds is 6. The fraction of sp³-hybridized carbons (Fsp3) is 0.130. The van der Waals surface area contributed by atoms with E-state index in [1.54, 1.807) is 36.4 Å². The number of benzene rings is 3. The normalized spacial score (nSPS) is 11.6. The molecule has 0 fully saturated rings. The number of aromatic carboxylic acids is 1. The van der Waals surface area contributed by atoms with Gasteiger partial charge >= 0.3 is 5.97 Å². The molecule has 1 amide bonds. The van der Waals surface area contributed by atoms with Crippen LogP contribution in [-0.4, -0.2) is 22.1 Å². The third-order valence-electron chi connectivity index (χ3n) is 4.67. The summed E-state index contributed by atoms with van der Waals surface area (Å²) in [5.41, 5.74) is 4.07. The second-order valence-electron chi connectivity index (χ2n) is 6.78. The lowest BCUT2D eigenvalue weighted by molar-refractivity contribution is 0.0692. The largest absolute Gasteiger partial charge is 0.478 e. The Morgan fingerprint density at radius 1 is 0.828 bits per heavy atom. The van der Waals surface area contributed by atoms with Crippen molar-refractivity contribution in [2.75, 3.05) is 10.6 Å². The zero-order valence-corrected chi connectivity index (χ0v) is 16.1. The van der Waals surface area contributed by atoms with Crippen LogP contribution in [0.15, 0.2) is 66.7 Å². The van der Waals surface area contributed by atoms with E-state index < -0.39 is 18.1 Å². The summed E-state index contributed by atoms with van der Waals surface area (Å²) in [5.74, 6) is -1.70. The Labute approximate surface area is 168 Å². The zero-order valence-electron chi connectivity index (χ0n) is 16.1. The maximum absolute atomic E-state index is 12.5. The number of hydrogen-bond acceptors (Lipinski definition) is 4. The first-order valence-electron chi connectivity index (χ1n) is 9.10. The summed E-state index contributed by atoms with van der Waals surface area (Å²) in [5, 5.41) is 25.5. The van der Waals surface area contributed by atoms with Crippen LogP contribution >= 0.6 is 0 Å². The lowest BCUT2D eigenvalue weighted by Gasteiger charge is -2.17. The third kappa shape index (κ3) is 4.80.